The number of amides is 1. The van der Waals surface area contributed by atoms with Crippen LogP contribution < -0.4 is 5.32 Å². The highest BCUT2D eigenvalue weighted by Crippen LogP contribution is 2.21. The Hall–Kier alpha value is -1.35. The molecule has 0 radical (unpaired) electrons. The Morgan fingerprint density at radius 2 is 2.15 bits per heavy atom. The number of rotatable bonds is 3. The Kier molecular flexibility index (Phi) is 4.81. The summed E-state index contributed by atoms with van der Waals surface area (Å²) in [6, 6.07) is 6.49. The number of hydrogen-bond donors (Lipinski definition) is 1. The first kappa shape index (κ1) is 15.0. The summed E-state index contributed by atoms with van der Waals surface area (Å²) in [5, 5.41) is 3.19. The molecule has 20 heavy (non-hydrogen) atoms. The third-order valence-electron chi connectivity index (χ3n) is 4.26. The van der Waals surface area contributed by atoms with Gasteiger partial charge in [-0.05, 0) is 58.3 Å². The summed E-state index contributed by atoms with van der Waals surface area (Å²) in [5.74, 6) is 0.339. The van der Waals surface area contributed by atoms with Crippen LogP contribution in [0.1, 0.15) is 42.5 Å². The van der Waals surface area contributed by atoms with Crippen molar-refractivity contribution in [3.05, 3.63) is 34.9 Å². The number of benzene rings is 1. The van der Waals surface area contributed by atoms with E-state index < -0.39 is 0 Å². The van der Waals surface area contributed by atoms with Crippen molar-refractivity contribution >= 4 is 5.91 Å². The molecule has 0 saturated carbocycles. The van der Waals surface area contributed by atoms with Crippen LogP contribution in [0.25, 0.3) is 0 Å². The molecule has 0 spiro atoms. The van der Waals surface area contributed by atoms with E-state index in [2.05, 4.69) is 56.2 Å². The Labute approximate surface area is 122 Å². The first-order valence-electron chi connectivity index (χ1n) is 7.53. The van der Waals surface area contributed by atoms with Crippen molar-refractivity contribution in [2.24, 2.45) is 5.92 Å². The molecule has 1 aliphatic heterocycles. The lowest BCUT2D eigenvalue weighted by atomic mass is 9.95. The summed E-state index contributed by atoms with van der Waals surface area (Å²) >= 11 is 0. The van der Waals surface area contributed by atoms with Gasteiger partial charge in [0.25, 0.3) is 0 Å². The third-order valence-corrected chi connectivity index (χ3v) is 4.26. The topological polar surface area (TPSA) is 32.3 Å². The maximum Gasteiger partial charge on any atom is 0.224 e. The first-order valence-corrected chi connectivity index (χ1v) is 7.53. The normalized spacial score (nSPS) is 21.5. The third kappa shape index (κ3) is 3.60. The van der Waals surface area contributed by atoms with Crippen LogP contribution in [0, 0.1) is 19.8 Å². The lowest BCUT2D eigenvalue weighted by Crippen LogP contribution is -2.42. The molecule has 1 saturated heterocycles. The van der Waals surface area contributed by atoms with Crippen molar-refractivity contribution in [3.63, 3.8) is 0 Å². The molecular formula is C17H26N2O. The van der Waals surface area contributed by atoms with Gasteiger partial charge >= 0.3 is 0 Å². The smallest absolute Gasteiger partial charge is 0.224 e. The van der Waals surface area contributed by atoms with E-state index in [-0.39, 0.29) is 17.9 Å². The highest BCUT2D eigenvalue weighted by molar-refractivity contribution is 5.79. The summed E-state index contributed by atoms with van der Waals surface area (Å²) in [5.41, 5.74) is 3.70. The molecule has 110 valence electrons. The molecule has 1 heterocycles. The molecule has 0 unspecified atom stereocenters. The molecule has 3 nitrogen and oxygen atoms in total. The average molecular weight is 274 g/mol. The molecule has 2 rings (SSSR count). The number of nitrogens with zero attached hydrogens (tertiary/aromatic N) is 1. The monoisotopic (exact) mass is 274 g/mol. The van der Waals surface area contributed by atoms with Gasteiger partial charge in [-0.1, -0.05) is 23.8 Å². The molecule has 3 heteroatoms. The van der Waals surface area contributed by atoms with Gasteiger partial charge in [0.1, 0.15) is 0 Å². The molecule has 0 bridgehead atoms. The van der Waals surface area contributed by atoms with Crippen molar-refractivity contribution in [2.75, 3.05) is 20.1 Å². The number of carbonyl (C=O) groups excluding carboxylic acids is 1. The maximum absolute atomic E-state index is 12.4. The highest BCUT2D eigenvalue weighted by Gasteiger charge is 2.25. The van der Waals surface area contributed by atoms with E-state index in [9.17, 15) is 4.79 Å². The number of piperidine rings is 1. The van der Waals surface area contributed by atoms with Crippen molar-refractivity contribution in [1.82, 2.24) is 10.2 Å². The summed E-state index contributed by atoms with van der Waals surface area (Å²) in [4.78, 5) is 14.6. The van der Waals surface area contributed by atoms with Crippen molar-refractivity contribution < 1.29 is 4.79 Å². The van der Waals surface area contributed by atoms with Gasteiger partial charge in [0, 0.05) is 6.54 Å². The van der Waals surface area contributed by atoms with Gasteiger partial charge in [-0.2, -0.15) is 0 Å². The number of nitrogens with one attached hydrogen (secondary N) is 1. The largest absolute Gasteiger partial charge is 0.349 e. The Balaban J connectivity index is 2.01. The minimum absolute atomic E-state index is 0.0784. The lowest BCUT2D eigenvalue weighted by Gasteiger charge is -2.30. The van der Waals surface area contributed by atoms with Crippen LogP contribution in [-0.2, 0) is 4.79 Å². The molecule has 1 aliphatic rings. The number of carbonyl (C=O) groups is 1. The fourth-order valence-electron chi connectivity index (χ4n) is 3.02. The van der Waals surface area contributed by atoms with Gasteiger partial charge in [0.15, 0.2) is 0 Å². The molecule has 2 atom stereocenters. The number of hydrogen-bond acceptors (Lipinski definition) is 2. The van der Waals surface area contributed by atoms with E-state index in [1.165, 1.54) is 16.7 Å². The van der Waals surface area contributed by atoms with Crippen LogP contribution in [0.2, 0.25) is 0 Å². The SMILES string of the molecule is Cc1ccc(C)c([C@H](C)NC(=O)[C@@H]2CCCN(C)C2)c1. The second-order valence-corrected chi connectivity index (χ2v) is 6.19. The molecule has 0 aliphatic carbocycles. The van der Waals surface area contributed by atoms with E-state index in [1.54, 1.807) is 0 Å². The zero-order valence-electron chi connectivity index (χ0n) is 13.1. The highest BCUT2D eigenvalue weighted by atomic mass is 16.2. The van der Waals surface area contributed by atoms with Gasteiger partial charge < -0.3 is 10.2 Å². The molecule has 1 aromatic carbocycles. The van der Waals surface area contributed by atoms with Crippen LogP contribution in [0.15, 0.2) is 18.2 Å². The predicted octanol–water partition coefficient (Wildman–Crippen LogP) is 2.82. The van der Waals surface area contributed by atoms with E-state index in [1.807, 2.05) is 0 Å². The Bertz CT molecular complexity index is 484. The van der Waals surface area contributed by atoms with E-state index in [0.29, 0.717) is 0 Å². The second-order valence-electron chi connectivity index (χ2n) is 6.19. The number of likely N-dealkylation sites (tertiary alicyclic amines) is 1. The van der Waals surface area contributed by atoms with Gasteiger partial charge in [0.2, 0.25) is 5.91 Å². The van der Waals surface area contributed by atoms with Crippen LogP contribution in [0.4, 0.5) is 0 Å². The van der Waals surface area contributed by atoms with Gasteiger partial charge in [-0.3, -0.25) is 4.79 Å². The zero-order valence-corrected chi connectivity index (χ0v) is 13.1. The molecule has 0 aromatic heterocycles. The minimum Gasteiger partial charge on any atom is -0.349 e. The van der Waals surface area contributed by atoms with E-state index in [0.717, 1.165) is 25.9 Å². The van der Waals surface area contributed by atoms with Crippen LogP contribution in [0.5, 0.6) is 0 Å². The summed E-state index contributed by atoms with van der Waals surface area (Å²) in [6.45, 7) is 8.26. The van der Waals surface area contributed by atoms with Gasteiger partial charge in [-0.25, -0.2) is 0 Å². The predicted molar refractivity (Wildman–Crippen MR) is 82.7 cm³/mol. The minimum atomic E-state index is 0.0784. The van der Waals surface area contributed by atoms with Crippen molar-refractivity contribution in [3.8, 4) is 0 Å². The van der Waals surface area contributed by atoms with Gasteiger partial charge in [-0.15, -0.1) is 0 Å². The summed E-state index contributed by atoms with van der Waals surface area (Å²) < 4.78 is 0. The van der Waals surface area contributed by atoms with Crippen LogP contribution in [-0.4, -0.2) is 30.9 Å². The van der Waals surface area contributed by atoms with Crippen LogP contribution in [0.3, 0.4) is 0 Å². The molecule has 1 amide bonds. The van der Waals surface area contributed by atoms with Crippen molar-refractivity contribution in [1.29, 1.82) is 0 Å². The molecular weight excluding hydrogens is 248 g/mol. The maximum atomic E-state index is 12.4. The van der Waals surface area contributed by atoms with Gasteiger partial charge in [0.05, 0.1) is 12.0 Å². The lowest BCUT2D eigenvalue weighted by molar-refractivity contribution is -0.127. The second kappa shape index (κ2) is 6.40. The summed E-state index contributed by atoms with van der Waals surface area (Å²) in [6.07, 6.45) is 2.13. The fourth-order valence-corrected chi connectivity index (χ4v) is 3.02. The van der Waals surface area contributed by atoms with E-state index >= 15 is 0 Å². The van der Waals surface area contributed by atoms with Crippen molar-refractivity contribution in [2.45, 2.75) is 39.7 Å². The zero-order chi connectivity index (χ0) is 14.7. The standard InChI is InChI=1S/C17H26N2O/c1-12-7-8-13(2)16(10-12)14(3)18-17(20)15-6-5-9-19(4)11-15/h7-8,10,14-15H,5-6,9,11H2,1-4H3,(H,18,20)/t14-,15+/m0/s1. The molecule has 1 fully saturated rings. The fraction of sp³-hybridized carbons (Fsp3) is 0.588. The quantitative estimate of drug-likeness (QED) is 0.919. The number of aryl methyl sites for hydroxylation is 2. The summed E-state index contributed by atoms with van der Waals surface area (Å²) in [7, 11) is 2.09. The average Bonchev–Trinajstić information content (AvgIpc) is 2.41. The first-order chi connectivity index (χ1) is 9.47. The molecule has 1 N–H and O–H groups in total. The Morgan fingerprint density at radius 3 is 2.85 bits per heavy atom. The Morgan fingerprint density at radius 1 is 1.40 bits per heavy atom. The van der Waals surface area contributed by atoms with E-state index in [4.69, 9.17) is 0 Å². The molecule has 1 aromatic rings. The van der Waals surface area contributed by atoms with Crippen LogP contribution >= 0.6 is 0 Å².